The first-order valence-electron chi connectivity index (χ1n) is 12.5. The summed E-state index contributed by atoms with van der Waals surface area (Å²) in [6, 6.07) is 16.3. The monoisotopic (exact) mass is 572 g/mol. The summed E-state index contributed by atoms with van der Waals surface area (Å²) in [5.41, 5.74) is 5.76. The van der Waals surface area contributed by atoms with Gasteiger partial charge in [0.15, 0.2) is 18.4 Å². The molecular weight excluding hydrogens is 543 g/mol. The van der Waals surface area contributed by atoms with Crippen LogP contribution in [0.2, 0.25) is 0 Å². The zero-order valence-electron chi connectivity index (χ0n) is 21.8. The summed E-state index contributed by atoms with van der Waals surface area (Å²) in [6.07, 6.45) is -4.17. The molecule has 1 aliphatic rings. The third-order valence-corrected chi connectivity index (χ3v) is 7.95. The summed E-state index contributed by atoms with van der Waals surface area (Å²) in [6.45, 7) is 3.48. The quantitative estimate of drug-likeness (QED) is 0.250. The Morgan fingerprint density at radius 1 is 0.900 bits per heavy atom. The van der Waals surface area contributed by atoms with Crippen molar-refractivity contribution in [2.45, 2.75) is 38.4 Å². The van der Waals surface area contributed by atoms with E-state index in [0.29, 0.717) is 0 Å². The molecule has 1 aromatic heterocycles. The Bertz CT molecular complexity index is 1360. The maximum atomic E-state index is 13.5. The normalized spacial score (nSPS) is 20.6. The Morgan fingerprint density at radius 2 is 1.43 bits per heavy atom. The Balaban J connectivity index is 1.74. The minimum atomic E-state index is -3.74. The molecule has 2 N–H and O–H groups in total. The number of hydrogen-bond acceptors (Lipinski definition) is 11. The van der Waals surface area contributed by atoms with Gasteiger partial charge in [-0.05, 0) is 38.1 Å². The lowest BCUT2D eigenvalue weighted by atomic mass is 10.1. The van der Waals surface area contributed by atoms with Crippen LogP contribution in [0.1, 0.15) is 51.4 Å². The lowest BCUT2D eigenvalue weighted by Gasteiger charge is -2.26. The van der Waals surface area contributed by atoms with Crippen molar-refractivity contribution in [3.05, 3.63) is 83.9 Å². The van der Waals surface area contributed by atoms with Gasteiger partial charge in [0.2, 0.25) is 5.82 Å². The number of aromatic nitrogens is 3. The predicted molar refractivity (Wildman–Crippen MR) is 139 cm³/mol. The molecule has 40 heavy (non-hydrogen) atoms. The first kappa shape index (κ1) is 29.1. The van der Waals surface area contributed by atoms with Gasteiger partial charge in [-0.15, -0.1) is 5.10 Å². The van der Waals surface area contributed by atoms with Gasteiger partial charge in [0.1, 0.15) is 12.4 Å². The molecule has 1 saturated heterocycles. The molecule has 0 bridgehead atoms. The number of carbonyl (C=O) groups excluding carboxylic acids is 3. The molecule has 1 unspecified atom stereocenters. The number of amides is 1. The molecule has 4 rings (SSSR count). The highest BCUT2D eigenvalue weighted by molar-refractivity contribution is 7.53. The second-order valence-corrected chi connectivity index (χ2v) is 10.7. The molecule has 1 aliphatic heterocycles. The first-order chi connectivity index (χ1) is 19.2. The molecule has 14 heteroatoms. The van der Waals surface area contributed by atoms with E-state index in [9.17, 15) is 18.9 Å². The van der Waals surface area contributed by atoms with Crippen LogP contribution in [0, 0.1) is 0 Å². The van der Waals surface area contributed by atoms with E-state index in [1.54, 1.807) is 74.5 Å². The van der Waals surface area contributed by atoms with Crippen molar-refractivity contribution in [1.82, 2.24) is 14.8 Å². The highest BCUT2D eigenvalue weighted by Crippen LogP contribution is 2.51. The highest BCUT2D eigenvalue weighted by Gasteiger charge is 2.53. The fraction of sp³-hybridized carbons (Fsp3) is 0.346. The highest BCUT2D eigenvalue weighted by atomic mass is 31.2. The molecule has 1 fully saturated rings. The van der Waals surface area contributed by atoms with Gasteiger partial charge < -0.3 is 29.0 Å². The van der Waals surface area contributed by atoms with E-state index < -0.39 is 50.0 Å². The van der Waals surface area contributed by atoms with Crippen molar-refractivity contribution in [2.75, 3.05) is 19.4 Å². The van der Waals surface area contributed by atoms with Gasteiger partial charge >= 0.3 is 19.5 Å². The molecule has 0 saturated carbocycles. The van der Waals surface area contributed by atoms with Gasteiger partial charge in [-0.2, -0.15) is 0 Å². The van der Waals surface area contributed by atoms with Gasteiger partial charge in [0.05, 0.1) is 30.5 Å². The number of nitrogens with zero attached hydrogens (tertiary/aromatic N) is 3. The van der Waals surface area contributed by atoms with E-state index in [4.69, 9.17) is 29.0 Å². The molecule has 0 aliphatic carbocycles. The Kier molecular flexibility index (Phi) is 9.43. The van der Waals surface area contributed by atoms with E-state index in [1.807, 2.05) is 0 Å². The fourth-order valence-corrected chi connectivity index (χ4v) is 5.94. The number of esters is 2. The molecule has 13 nitrogen and oxygen atoms in total. The molecule has 2 aromatic carbocycles. The van der Waals surface area contributed by atoms with Crippen molar-refractivity contribution >= 4 is 25.4 Å². The Morgan fingerprint density at radius 3 is 1.90 bits per heavy atom. The SMILES string of the molecule is CCOP(=O)(C[C@H]1OC(n2cnc(C(N)=O)n2)[C@H](OC(=O)c2ccccc2)[C@@H]1OC(=O)c1ccccc1)OCC. The number of benzene rings is 2. The smallest absolute Gasteiger partial charge is 0.338 e. The molecule has 0 spiro atoms. The summed E-state index contributed by atoms with van der Waals surface area (Å²) >= 11 is 0. The predicted octanol–water partition coefficient (Wildman–Crippen LogP) is 2.99. The lowest BCUT2D eigenvalue weighted by molar-refractivity contribution is -0.0545. The minimum absolute atomic E-state index is 0.0827. The maximum Gasteiger partial charge on any atom is 0.338 e. The summed E-state index contributed by atoms with van der Waals surface area (Å²) in [5, 5.41) is 4.04. The summed E-state index contributed by atoms with van der Waals surface area (Å²) in [7, 11) is -3.74. The van der Waals surface area contributed by atoms with Crippen LogP contribution in [0.25, 0.3) is 0 Å². The van der Waals surface area contributed by atoms with Crippen molar-refractivity contribution in [3.63, 3.8) is 0 Å². The van der Waals surface area contributed by atoms with Crippen LogP contribution < -0.4 is 5.73 Å². The van der Waals surface area contributed by atoms with Crippen LogP contribution in [-0.4, -0.2) is 70.3 Å². The topological polar surface area (TPSA) is 171 Å². The molecular formula is C26H29N4O9P. The number of nitrogens with two attached hydrogens (primary N) is 1. The summed E-state index contributed by atoms with van der Waals surface area (Å²) < 4.78 is 43.3. The third kappa shape index (κ3) is 6.80. The van der Waals surface area contributed by atoms with E-state index in [0.717, 1.165) is 11.0 Å². The number of hydrogen-bond donors (Lipinski definition) is 1. The van der Waals surface area contributed by atoms with Crippen LogP contribution in [0.15, 0.2) is 67.0 Å². The third-order valence-electron chi connectivity index (χ3n) is 5.84. The van der Waals surface area contributed by atoms with Crippen LogP contribution >= 0.6 is 7.60 Å². The number of carbonyl (C=O) groups is 3. The van der Waals surface area contributed by atoms with E-state index in [-0.39, 0.29) is 36.3 Å². The fourth-order valence-electron chi connectivity index (χ4n) is 4.13. The van der Waals surface area contributed by atoms with Gasteiger partial charge in [0, 0.05) is 0 Å². The van der Waals surface area contributed by atoms with Crippen LogP contribution in [0.5, 0.6) is 0 Å². The average Bonchev–Trinajstić information content (AvgIpc) is 3.56. The molecule has 3 aromatic rings. The van der Waals surface area contributed by atoms with E-state index >= 15 is 0 Å². The lowest BCUT2D eigenvalue weighted by Crippen LogP contribution is -2.41. The van der Waals surface area contributed by atoms with Crippen molar-refractivity contribution in [1.29, 1.82) is 0 Å². The van der Waals surface area contributed by atoms with Crippen LogP contribution in [0.4, 0.5) is 0 Å². The molecule has 1 amide bonds. The van der Waals surface area contributed by atoms with Gasteiger partial charge in [-0.1, -0.05) is 36.4 Å². The second kappa shape index (κ2) is 13.0. The van der Waals surface area contributed by atoms with Gasteiger partial charge in [-0.3, -0.25) is 9.36 Å². The summed E-state index contributed by atoms with van der Waals surface area (Å²) in [5.74, 6) is -2.68. The molecule has 2 heterocycles. The van der Waals surface area contributed by atoms with Crippen molar-refractivity contribution in [3.8, 4) is 0 Å². The zero-order chi connectivity index (χ0) is 28.7. The zero-order valence-corrected chi connectivity index (χ0v) is 22.7. The molecule has 4 atom stereocenters. The van der Waals surface area contributed by atoms with Crippen LogP contribution in [0.3, 0.4) is 0 Å². The van der Waals surface area contributed by atoms with Gasteiger partial charge in [0.25, 0.3) is 5.91 Å². The molecule has 0 radical (unpaired) electrons. The molecule has 212 valence electrons. The standard InChI is InChI=1S/C26H29N4O9P/c1-3-35-40(34,36-4-2)15-19-20(38-25(32)17-11-7-5-8-12-17)21(39-26(33)18-13-9-6-10-14-18)24(37-19)30-16-28-23(29-30)22(27)31/h5-14,16,19-21,24H,3-4,15H2,1-2H3,(H2,27,31)/t19-,20-,21-,24?/m1/s1. The largest absolute Gasteiger partial charge is 0.452 e. The van der Waals surface area contributed by atoms with Gasteiger partial charge in [-0.25, -0.2) is 19.3 Å². The summed E-state index contributed by atoms with van der Waals surface area (Å²) in [4.78, 5) is 41.8. The Hall–Kier alpha value is -3.90. The van der Waals surface area contributed by atoms with Crippen molar-refractivity contribution in [2.24, 2.45) is 5.73 Å². The van der Waals surface area contributed by atoms with E-state index in [2.05, 4.69) is 10.1 Å². The Labute approximate surface area is 230 Å². The second-order valence-electron chi connectivity index (χ2n) is 8.58. The number of primary amides is 1. The maximum absolute atomic E-state index is 13.5. The first-order valence-corrected chi connectivity index (χ1v) is 14.2. The number of rotatable bonds is 12. The number of ether oxygens (including phenoxy) is 3. The minimum Gasteiger partial charge on any atom is -0.452 e. The van der Waals surface area contributed by atoms with Crippen LogP contribution in [-0.2, 0) is 27.8 Å². The van der Waals surface area contributed by atoms with E-state index in [1.165, 1.54) is 0 Å². The van der Waals surface area contributed by atoms with Crippen molar-refractivity contribution < 1.29 is 42.2 Å². The average molecular weight is 573 g/mol.